The molecule has 0 aliphatic heterocycles. The second-order valence-corrected chi connectivity index (χ2v) is 6.31. The van der Waals surface area contributed by atoms with Crippen LogP contribution in [0.5, 0.6) is 11.5 Å². The van der Waals surface area contributed by atoms with Gasteiger partial charge in [0.05, 0.1) is 6.61 Å². The summed E-state index contributed by atoms with van der Waals surface area (Å²) in [5, 5.41) is 10.1. The maximum Gasteiger partial charge on any atom is 0.124 e. The van der Waals surface area contributed by atoms with Crippen LogP contribution in [-0.2, 0) is 0 Å². The highest BCUT2D eigenvalue weighted by Crippen LogP contribution is 2.33. The third-order valence-corrected chi connectivity index (χ3v) is 4.09. The molecular weight excluding hydrogens is 303 g/mol. The molecule has 0 amide bonds. The van der Waals surface area contributed by atoms with Gasteiger partial charge in [-0.15, -0.1) is 0 Å². The molecule has 2 rings (SSSR count). The molecule has 130 valence electrons. The molecule has 0 bridgehead atoms. The first kappa shape index (κ1) is 18.3. The molecule has 1 N–H and O–H groups in total. The fraction of sp³-hybridized carbons (Fsp3) is 0.429. The van der Waals surface area contributed by atoms with Crippen LogP contribution in [0.15, 0.2) is 36.4 Å². The average Bonchev–Trinajstić information content (AvgIpc) is 2.54. The van der Waals surface area contributed by atoms with E-state index >= 15 is 0 Å². The van der Waals surface area contributed by atoms with E-state index in [2.05, 4.69) is 6.92 Å². The van der Waals surface area contributed by atoms with Crippen molar-refractivity contribution in [2.24, 2.45) is 0 Å². The molecule has 2 aromatic rings. The molecule has 0 radical (unpaired) electrons. The normalized spacial score (nSPS) is 10.8. The van der Waals surface area contributed by atoms with Crippen LogP contribution in [-0.4, -0.2) is 11.7 Å². The zero-order valence-corrected chi connectivity index (χ0v) is 14.6. The summed E-state index contributed by atoms with van der Waals surface area (Å²) in [6, 6.07) is 9.89. The lowest BCUT2D eigenvalue weighted by Crippen LogP contribution is -1.97. The minimum absolute atomic E-state index is 0.131. The Morgan fingerprint density at radius 2 is 1.71 bits per heavy atom. The van der Waals surface area contributed by atoms with Crippen LogP contribution in [0.2, 0.25) is 0 Å². The van der Waals surface area contributed by atoms with E-state index in [1.54, 1.807) is 18.2 Å². The quantitative estimate of drug-likeness (QED) is 0.551. The molecular formula is C21H27FO2. The van der Waals surface area contributed by atoms with E-state index < -0.39 is 0 Å². The lowest BCUT2D eigenvalue weighted by Gasteiger charge is -2.11. The smallest absolute Gasteiger partial charge is 0.124 e. The van der Waals surface area contributed by atoms with Crippen LogP contribution in [0, 0.1) is 12.7 Å². The molecule has 0 spiro atoms. The second kappa shape index (κ2) is 9.31. The van der Waals surface area contributed by atoms with Crippen LogP contribution in [0.4, 0.5) is 4.39 Å². The Hall–Kier alpha value is -2.03. The molecule has 0 saturated heterocycles. The molecule has 2 aromatic carbocycles. The van der Waals surface area contributed by atoms with Crippen molar-refractivity contribution in [2.75, 3.05) is 6.61 Å². The number of aryl methyl sites for hydroxylation is 1. The van der Waals surface area contributed by atoms with Gasteiger partial charge in [0.15, 0.2) is 0 Å². The van der Waals surface area contributed by atoms with Crippen LogP contribution < -0.4 is 4.74 Å². The first-order chi connectivity index (χ1) is 11.6. The number of hydrogen-bond donors (Lipinski definition) is 1. The van der Waals surface area contributed by atoms with Crippen molar-refractivity contribution in [3.63, 3.8) is 0 Å². The van der Waals surface area contributed by atoms with Crippen molar-refractivity contribution >= 4 is 0 Å². The number of phenolic OH excluding ortho intramolecular Hbond substituents is 1. The number of benzene rings is 2. The van der Waals surface area contributed by atoms with Gasteiger partial charge < -0.3 is 9.84 Å². The van der Waals surface area contributed by atoms with E-state index in [0.717, 1.165) is 12.0 Å². The average molecular weight is 330 g/mol. The molecule has 0 aromatic heterocycles. The Morgan fingerprint density at radius 1 is 0.958 bits per heavy atom. The summed E-state index contributed by atoms with van der Waals surface area (Å²) >= 11 is 0. The zero-order valence-electron chi connectivity index (χ0n) is 14.6. The number of ether oxygens (including phenoxy) is 1. The first-order valence-corrected chi connectivity index (χ1v) is 8.83. The fourth-order valence-electron chi connectivity index (χ4n) is 2.80. The minimum atomic E-state index is -0.303. The molecule has 0 aliphatic rings. The van der Waals surface area contributed by atoms with E-state index in [1.165, 1.54) is 44.2 Å². The van der Waals surface area contributed by atoms with Crippen molar-refractivity contribution in [3.8, 4) is 22.6 Å². The Kier molecular flexibility index (Phi) is 7.10. The summed E-state index contributed by atoms with van der Waals surface area (Å²) in [4.78, 5) is 0. The number of phenols is 1. The van der Waals surface area contributed by atoms with Crippen LogP contribution in [0.1, 0.15) is 51.0 Å². The standard InChI is InChI=1S/C21H27FO2/c1-3-4-5-6-7-8-11-24-19-9-10-21(23)20(15-19)17-12-16(2)13-18(22)14-17/h9-10,12-15,23H,3-8,11H2,1-2H3. The predicted molar refractivity (Wildman–Crippen MR) is 97.1 cm³/mol. The van der Waals surface area contributed by atoms with Crippen LogP contribution in [0.25, 0.3) is 11.1 Å². The maximum atomic E-state index is 13.6. The molecule has 0 aliphatic carbocycles. The second-order valence-electron chi connectivity index (χ2n) is 6.31. The largest absolute Gasteiger partial charge is 0.507 e. The van der Waals surface area contributed by atoms with Gasteiger partial charge in [0.2, 0.25) is 0 Å². The Bertz CT molecular complexity index is 632. The lowest BCUT2D eigenvalue weighted by atomic mass is 10.0. The molecule has 0 saturated carbocycles. The number of halogens is 1. The molecule has 0 fully saturated rings. The van der Waals surface area contributed by atoms with E-state index in [-0.39, 0.29) is 11.6 Å². The number of aromatic hydroxyl groups is 1. The summed E-state index contributed by atoms with van der Waals surface area (Å²) in [5.74, 6) is 0.535. The van der Waals surface area contributed by atoms with Gasteiger partial charge in [-0.2, -0.15) is 0 Å². The van der Waals surface area contributed by atoms with E-state index in [1.807, 2.05) is 13.0 Å². The Balaban J connectivity index is 1.96. The predicted octanol–water partition coefficient (Wildman–Crippen LogP) is 6.25. The van der Waals surface area contributed by atoms with Gasteiger partial charge in [-0.25, -0.2) is 4.39 Å². The molecule has 24 heavy (non-hydrogen) atoms. The first-order valence-electron chi connectivity index (χ1n) is 8.83. The van der Waals surface area contributed by atoms with Crippen molar-refractivity contribution in [1.82, 2.24) is 0 Å². The molecule has 2 nitrogen and oxygen atoms in total. The van der Waals surface area contributed by atoms with Crippen molar-refractivity contribution in [3.05, 3.63) is 47.8 Å². The zero-order chi connectivity index (χ0) is 17.4. The topological polar surface area (TPSA) is 29.5 Å². The highest BCUT2D eigenvalue weighted by Gasteiger charge is 2.08. The molecule has 3 heteroatoms. The minimum Gasteiger partial charge on any atom is -0.507 e. The van der Waals surface area contributed by atoms with Gasteiger partial charge in [0, 0.05) is 5.56 Å². The van der Waals surface area contributed by atoms with Gasteiger partial charge in [-0.3, -0.25) is 0 Å². The summed E-state index contributed by atoms with van der Waals surface area (Å²) in [6.07, 6.45) is 7.30. The summed E-state index contributed by atoms with van der Waals surface area (Å²) in [6.45, 7) is 4.71. The van der Waals surface area contributed by atoms with Crippen molar-refractivity contribution in [2.45, 2.75) is 52.4 Å². The monoisotopic (exact) mass is 330 g/mol. The SMILES string of the molecule is CCCCCCCCOc1ccc(O)c(-c2cc(C)cc(F)c2)c1. The van der Waals surface area contributed by atoms with E-state index in [4.69, 9.17) is 4.74 Å². The van der Waals surface area contributed by atoms with Crippen molar-refractivity contribution in [1.29, 1.82) is 0 Å². The summed E-state index contributed by atoms with van der Waals surface area (Å²) < 4.78 is 19.4. The third-order valence-electron chi connectivity index (χ3n) is 4.09. The third kappa shape index (κ3) is 5.55. The highest BCUT2D eigenvalue weighted by molar-refractivity contribution is 5.72. The van der Waals surface area contributed by atoms with Gasteiger partial charge in [-0.1, -0.05) is 45.1 Å². The number of hydrogen-bond acceptors (Lipinski definition) is 2. The van der Waals surface area contributed by atoms with Gasteiger partial charge in [-0.05, 0) is 54.8 Å². The van der Waals surface area contributed by atoms with Gasteiger partial charge in [0.1, 0.15) is 17.3 Å². The molecule has 0 heterocycles. The van der Waals surface area contributed by atoms with Gasteiger partial charge >= 0.3 is 0 Å². The van der Waals surface area contributed by atoms with Gasteiger partial charge in [0.25, 0.3) is 0 Å². The molecule has 0 atom stereocenters. The van der Waals surface area contributed by atoms with E-state index in [9.17, 15) is 9.50 Å². The van der Waals surface area contributed by atoms with Crippen LogP contribution in [0.3, 0.4) is 0 Å². The maximum absolute atomic E-state index is 13.6. The van der Waals surface area contributed by atoms with E-state index in [0.29, 0.717) is 23.5 Å². The van der Waals surface area contributed by atoms with Crippen molar-refractivity contribution < 1.29 is 14.2 Å². The number of unbranched alkanes of at least 4 members (excludes halogenated alkanes) is 5. The Morgan fingerprint density at radius 3 is 2.46 bits per heavy atom. The Labute approximate surface area is 144 Å². The van der Waals surface area contributed by atoms with Crippen LogP contribution >= 0.6 is 0 Å². The summed E-state index contributed by atoms with van der Waals surface area (Å²) in [7, 11) is 0. The molecule has 0 unspecified atom stereocenters. The number of rotatable bonds is 9. The lowest BCUT2D eigenvalue weighted by molar-refractivity contribution is 0.304. The fourth-order valence-corrected chi connectivity index (χ4v) is 2.80. The summed E-state index contributed by atoms with van der Waals surface area (Å²) in [5.41, 5.74) is 2.08. The highest BCUT2D eigenvalue weighted by atomic mass is 19.1.